The number of thioether (sulfide) groups is 1. The number of amides is 2. The van der Waals surface area contributed by atoms with E-state index >= 15 is 0 Å². The van der Waals surface area contributed by atoms with Gasteiger partial charge >= 0.3 is 0 Å². The van der Waals surface area contributed by atoms with Gasteiger partial charge in [0.15, 0.2) is 28.4 Å². The highest BCUT2D eigenvalue weighted by molar-refractivity contribution is 8.15. The first-order chi connectivity index (χ1) is 13.3. The van der Waals surface area contributed by atoms with Crippen molar-refractivity contribution < 1.29 is 31.5 Å². The van der Waals surface area contributed by atoms with Crippen molar-refractivity contribution in [3.63, 3.8) is 0 Å². The fourth-order valence-electron chi connectivity index (χ4n) is 2.29. The minimum Gasteiger partial charge on any atom is -0.321 e. The molecule has 2 amide bonds. The van der Waals surface area contributed by atoms with Gasteiger partial charge in [-0.25, -0.2) is 26.9 Å². The molecule has 3 rings (SSSR count). The van der Waals surface area contributed by atoms with Gasteiger partial charge in [-0.15, -0.1) is 0 Å². The number of para-hydroxylation sites is 1. The monoisotopic (exact) mass is 415 g/mol. The van der Waals surface area contributed by atoms with E-state index in [4.69, 9.17) is 0 Å². The summed E-state index contributed by atoms with van der Waals surface area (Å²) < 4.78 is 66.6. The summed E-state index contributed by atoms with van der Waals surface area (Å²) in [4.78, 5) is 28.1. The van der Waals surface area contributed by atoms with Crippen molar-refractivity contribution in [2.24, 2.45) is 4.99 Å². The summed E-state index contributed by atoms with van der Waals surface area (Å²) in [6.07, 6.45) is -0.566. The van der Waals surface area contributed by atoms with Crippen molar-refractivity contribution in [3.05, 3.63) is 59.4 Å². The average molecular weight is 415 g/mol. The van der Waals surface area contributed by atoms with E-state index in [9.17, 15) is 31.5 Å². The summed E-state index contributed by atoms with van der Waals surface area (Å²) in [7, 11) is 0. The average Bonchev–Trinajstić information content (AvgIpc) is 3.01. The summed E-state index contributed by atoms with van der Waals surface area (Å²) in [6, 6.07) is 8.61. The van der Waals surface area contributed by atoms with Gasteiger partial charge in [0.05, 0.1) is 5.69 Å². The van der Waals surface area contributed by atoms with Crippen molar-refractivity contribution in [1.29, 1.82) is 0 Å². The number of nitrogens with zero attached hydrogens (tertiary/aromatic N) is 1. The number of benzene rings is 2. The normalized spacial score (nSPS) is 17.7. The topological polar surface area (TPSA) is 70.6 Å². The smallest absolute Gasteiger partial charge is 0.240 e. The quantitative estimate of drug-likeness (QED) is 0.455. The summed E-state index contributed by atoms with van der Waals surface area (Å²) in [5, 5.41) is 3.31. The first kappa shape index (κ1) is 19.8. The molecule has 1 saturated heterocycles. The molecule has 1 aliphatic heterocycles. The number of hydrogen-bond acceptors (Lipinski definition) is 4. The number of rotatable bonds is 4. The third kappa shape index (κ3) is 3.98. The molecule has 1 fully saturated rings. The molecule has 0 radical (unpaired) electrons. The summed E-state index contributed by atoms with van der Waals surface area (Å²) in [5.74, 6) is -12.7. The lowest BCUT2D eigenvalue weighted by molar-refractivity contribution is -0.122. The SMILES string of the molecule is O=C(CC1SC(=Nc2ccccc2)NC1=O)Nc1c(F)c(F)c(F)c(F)c1F. The zero-order valence-corrected chi connectivity index (χ0v) is 14.5. The number of anilines is 1. The lowest BCUT2D eigenvalue weighted by Gasteiger charge is -2.11. The largest absolute Gasteiger partial charge is 0.321 e. The molecule has 0 aromatic heterocycles. The maximum absolute atomic E-state index is 13.6. The molecule has 5 nitrogen and oxygen atoms in total. The third-order valence-electron chi connectivity index (χ3n) is 3.61. The zero-order chi connectivity index (χ0) is 20.4. The molecule has 0 aliphatic carbocycles. The molecular formula is C17H10F5N3O2S. The van der Waals surface area contributed by atoms with E-state index in [1.54, 1.807) is 35.6 Å². The van der Waals surface area contributed by atoms with Crippen LogP contribution < -0.4 is 10.6 Å². The predicted molar refractivity (Wildman–Crippen MR) is 92.5 cm³/mol. The summed E-state index contributed by atoms with van der Waals surface area (Å²) >= 11 is 0.903. The van der Waals surface area contributed by atoms with Gasteiger partial charge in [-0.05, 0) is 12.1 Å². The maximum atomic E-state index is 13.6. The van der Waals surface area contributed by atoms with E-state index in [1.807, 2.05) is 0 Å². The van der Waals surface area contributed by atoms with Crippen LogP contribution in [0.5, 0.6) is 0 Å². The van der Waals surface area contributed by atoms with Gasteiger partial charge in [0.25, 0.3) is 0 Å². The van der Waals surface area contributed by atoms with Crippen LogP contribution in [-0.4, -0.2) is 22.2 Å². The summed E-state index contributed by atoms with van der Waals surface area (Å²) in [5.41, 5.74) is -0.917. The van der Waals surface area contributed by atoms with Crippen LogP contribution >= 0.6 is 11.8 Å². The number of aliphatic imine (C=N–C) groups is 1. The minimum absolute atomic E-state index is 0.213. The van der Waals surface area contributed by atoms with Crippen molar-refractivity contribution in [1.82, 2.24) is 5.32 Å². The molecule has 1 unspecified atom stereocenters. The second-order valence-electron chi connectivity index (χ2n) is 5.55. The molecule has 0 saturated carbocycles. The molecule has 11 heteroatoms. The molecule has 0 spiro atoms. The van der Waals surface area contributed by atoms with Gasteiger partial charge in [0.1, 0.15) is 10.9 Å². The highest BCUT2D eigenvalue weighted by atomic mass is 32.2. The van der Waals surface area contributed by atoms with Crippen molar-refractivity contribution >= 4 is 40.1 Å². The van der Waals surface area contributed by atoms with Gasteiger partial charge < -0.3 is 10.6 Å². The fourth-order valence-corrected chi connectivity index (χ4v) is 3.27. The Morgan fingerprint density at radius 2 is 1.57 bits per heavy atom. The summed E-state index contributed by atoms with van der Waals surface area (Å²) in [6.45, 7) is 0. The van der Waals surface area contributed by atoms with Crippen molar-refractivity contribution in [3.8, 4) is 0 Å². The molecule has 2 N–H and O–H groups in total. The third-order valence-corrected chi connectivity index (χ3v) is 4.69. The van der Waals surface area contributed by atoms with E-state index in [0.29, 0.717) is 5.69 Å². The number of carbonyl (C=O) groups excluding carboxylic acids is 2. The number of halogens is 5. The van der Waals surface area contributed by atoms with E-state index in [2.05, 4.69) is 10.3 Å². The van der Waals surface area contributed by atoms with Crippen LogP contribution in [0, 0.1) is 29.1 Å². The molecule has 146 valence electrons. The van der Waals surface area contributed by atoms with E-state index in [-0.39, 0.29) is 5.17 Å². The first-order valence-corrected chi connectivity index (χ1v) is 8.58. The van der Waals surface area contributed by atoms with Crippen LogP contribution in [0.1, 0.15) is 6.42 Å². The standard InChI is InChI=1S/C17H10F5N3O2S/c18-10-11(19)13(21)15(14(22)12(10)20)24-9(26)6-8-16(27)25-17(28-8)23-7-4-2-1-3-5-7/h1-5,8H,6H2,(H,24,26)(H,23,25,27). The van der Waals surface area contributed by atoms with Gasteiger partial charge in [-0.3, -0.25) is 9.59 Å². The highest BCUT2D eigenvalue weighted by Gasteiger charge is 2.33. The Balaban J connectivity index is 1.71. The zero-order valence-electron chi connectivity index (χ0n) is 13.7. The molecule has 0 bridgehead atoms. The van der Waals surface area contributed by atoms with Crippen LogP contribution in [0.2, 0.25) is 0 Å². The molecule has 1 heterocycles. The number of hydrogen-bond donors (Lipinski definition) is 2. The Morgan fingerprint density at radius 3 is 2.18 bits per heavy atom. The molecule has 2 aromatic carbocycles. The van der Waals surface area contributed by atoms with E-state index in [1.165, 1.54) is 0 Å². The van der Waals surface area contributed by atoms with Gasteiger partial charge in [-0.1, -0.05) is 30.0 Å². The Kier molecular flexibility index (Phi) is 5.63. The van der Waals surface area contributed by atoms with Gasteiger partial charge in [0, 0.05) is 6.42 Å². The number of carbonyl (C=O) groups is 2. The van der Waals surface area contributed by atoms with Crippen LogP contribution in [0.3, 0.4) is 0 Å². The lowest BCUT2D eigenvalue weighted by Crippen LogP contribution is -2.28. The van der Waals surface area contributed by atoms with E-state index in [0.717, 1.165) is 11.8 Å². The van der Waals surface area contributed by atoms with Crippen LogP contribution in [0.4, 0.5) is 33.3 Å². The molecule has 28 heavy (non-hydrogen) atoms. The molecule has 1 atom stereocenters. The van der Waals surface area contributed by atoms with Crippen molar-refractivity contribution in [2.45, 2.75) is 11.7 Å². The van der Waals surface area contributed by atoms with E-state index < -0.39 is 58.3 Å². The number of amidine groups is 1. The Labute approximate surface area is 159 Å². The fraction of sp³-hybridized carbons (Fsp3) is 0.118. The number of nitrogens with one attached hydrogen (secondary N) is 2. The molecule has 2 aromatic rings. The first-order valence-electron chi connectivity index (χ1n) is 7.70. The highest BCUT2D eigenvalue weighted by Crippen LogP contribution is 2.29. The van der Waals surface area contributed by atoms with Crippen LogP contribution in [0.25, 0.3) is 0 Å². The predicted octanol–water partition coefficient (Wildman–Crippen LogP) is 3.63. The van der Waals surface area contributed by atoms with Crippen molar-refractivity contribution in [2.75, 3.05) is 5.32 Å². The Morgan fingerprint density at radius 1 is 1.00 bits per heavy atom. The maximum Gasteiger partial charge on any atom is 0.240 e. The Bertz CT molecular complexity index is 955. The molecule has 1 aliphatic rings. The Hall–Kier alpha value is -2.95. The van der Waals surface area contributed by atoms with Crippen LogP contribution in [0.15, 0.2) is 35.3 Å². The van der Waals surface area contributed by atoms with Gasteiger partial charge in [-0.2, -0.15) is 0 Å². The molecular weight excluding hydrogens is 405 g/mol. The van der Waals surface area contributed by atoms with Gasteiger partial charge in [0.2, 0.25) is 17.6 Å². The lowest BCUT2D eigenvalue weighted by atomic mass is 10.2. The second-order valence-corrected chi connectivity index (χ2v) is 6.74. The second kappa shape index (κ2) is 7.97. The van der Waals surface area contributed by atoms with Crippen LogP contribution in [-0.2, 0) is 9.59 Å². The minimum atomic E-state index is -2.33.